The molecule has 2 aliphatic heterocycles. The SMILES string of the molecule is C=CC(=O)N1CC(N2CCC(C3(n4nnc(-c5cc(O[C@H](C)c6ccccn6)c6c(c5)ncn6C(F)F)c4C)CC3)CC2)C1. The molecule has 2 saturated heterocycles. The highest BCUT2D eigenvalue weighted by Gasteiger charge is 2.54. The van der Waals surface area contributed by atoms with Gasteiger partial charge in [-0.25, -0.2) is 9.67 Å². The molecule has 5 heterocycles. The first-order valence-electron chi connectivity index (χ1n) is 15.2. The van der Waals surface area contributed by atoms with Crippen molar-refractivity contribution in [2.75, 3.05) is 26.2 Å². The van der Waals surface area contributed by atoms with Crippen molar-refractivity contribution in [2.24, 2.45) is 5.92 Å². The number of nitrogens with zero attached hydrogens (tertiary/aromatic N) is 8. The first-order chi connectivity index (χ1) is 21.3. The smallest absolute Gasteiger partial charge is 0.320 e. The molecule has 44 heavy (non-hydrogen) atoms. The van der Waals surface area contributed by atoms with Gasteiger partial charge in [0.1, 0.15) is 29.4 Å². The van der Waals surface area contributed by atoms with Crippen molar-refractivity contribution in [1.82, 2.24) is 39.3 Å². The number of pyridine rings is 1. The van der Waals surface area contributed by atoms with Gasteiger partial charge in [-0.1, -0.05) is 17.9 Å². The zero-order valence-electron chi connectivity index (χ0n) is 24.9. The number of benzene rings is 1. The average molecular weight is 603 g/mol. The average Bonchev–Trinajstić information content (AvgIpc) is 3.53. The molecule has 0 spiro atoms. The number of amides is 1. The second-order valence-corrected chi connectivity index (χ2v) is 12.2. The standard InChI is InChI=1S/C32H36F2N8O2/c1-4-28(43)40-17-24(18-40)39-13-8-23(9-14-39)32(10-11-32)42-20(2)29(37-38-42)22-15-26-30(41(19-36-26)31(33)34)27(16-22)44-21(3)25-7-5-6-12-35-25/h4-7,12,15-16,19,21,23-24,31H,1,8-11,13-14,17-18H2,2-3H3/t21-/m1/s1. The Labute approximate surface area is 254 Å². The second kappa shape index (κ2) is 11.1. The largest absolute Gasteiger partial charge is 0.482 e. The number of halogens is 2. The lowest BCUT2D eigenvalue weighted by molar-refractivity contribution is -0.133. The summed E-state index contributed by atoms with van der Waals surface area (Å²) < 4.78 is 37.1. The van der Waals surface area contributed by atoms with E-state index in [0.29, 0.717) is 34.6 Å². The fourth-order valence-electron chi connectivity index (χ4n) is 7.11. The van der Waals surface area contributed by atoms with Gasteiger partial charge in [-0.2, -0.15) is 8.78 Å². The van der Waals surface area contributed by atoms with Crippen LogP contribution in [0.25, 0.3) is 22.3 Å². The lowest BCUT2D eigenvalue weighted by atomic mass is 9.86. The van der Waals surface area contributed by atoms with Crippen molar-refractivity contribution in [2.45, 2.75) is 63.8 Å². The van der Waals surface area contributed by atoms with Crippen LogP contribution in [0.3, 0.4) is 0 Å². The number of piperidine rings is 1. The highest BCUT2D eigenvalue weighted by atomic mass is 19.3. The molecule has 1 aliphatic carbocycles. The highest BCUT2D eigenvalue weighted by molar-refractivity contribution is 5.88. The summed E-state index contributed by atoms with van der Waals surface area (Å²) >= 11 is 0. The van der Waals surface area contributed by atoms with E-state index in [2.05, 4.69) is 36.4 Å². The molecule has 7 rings (SSSR count). The minimum atomic E-state index is -2.76. The Morgan fingerprint density at radius 2 is 1.93 bits per heavy atom. The van der Waals surface area contributed by atoms with Crippen LogP contribution >= 0.6 is 0 Å². The van der Waals surface area contributed by atoms with Gasteiger partial charge in [0.25, 0.3) is 0 Å². The van der Waals surface area contributed by atoms with Gasteiger partial charge < -0.3 is 9.64 Å². The molecule has 1 aromatic carbocycles. The number of carbonyl (C=O) groups excluding carboxylic acids is 1. The van der Waals surface area contributed by atoms with Gasteiger partial charge in [0.2, 0.25) is 5.91 Å². The van der Waals surface area contributed by atoms with E-state index in [1.54, 1.807) is 18.3 Å². The Morgan fingerprint density at radius 3 is 2.59 bits per heavy atom. The number of rotatable bonds is 9. The highest BCUT2D eigenvalue weighted by Crippen LogP contribution is 2.54. The van der Waals surface area contributed by atoms with E-state index < -0.39 is 12.7 Å². The number of imidazole rings is 1. The van der Waals surface area contributed by atoms with E-state index in [-0.39, 0.29) is 17.0 Å². The molecule has 3 aliphatic rings. The molecular weight excluding hydrogens is 566 g/mol. The summed E-state index contributed by atoms with van der Waals surface area (Å²) in [5.41, 5.74) is 3.62. The van der Waals surface area contributed by atoms with Crippen LogP contribution < -0.4 is 4.74 Å². The Balaban J connectivity index is 1.13. The molecule has 0 N–H and O–H groups in total. The zero-order valence-corrected chi connectivity index (χ0v) is 24.9. The predicted molar refractivity (Wildman–Crippen MR) is 160 cm³/mol. The molecule has 230 valence electrons. The van der Waals surface area contributed by atoms with E-state index in [9.17, 15) is 13.6 Å². The van der Waals surface area contributed by atoms with Gasteiger partial charge in [-0.15, -0.1) is 5.10 Å². The zero-order chi connectivity index (χ0) is 30.6. The van der Waals surface area contributed by atoms with E-state index in [0.717, 1.165) is 74.0 Å². The van der Waals surface area contributed by atoms with E-state index >= 15 is 0 Å². The van der Waals surface area contributed by atoms with E-state index in [4.69, 9.17) is 4.74 Å². The summed E-state index contributed by atoms with van der Waals surface area (Å²) in [6, 6.07) is 9.50. The molecule has 3 fully saturated rings. The molecule has 0 unspecified atom stereocenters. The van der Waals surface area contributed by atoms with Crippen molar-refractivity contribution in [1.29, 1.82) is 0 Å². The van der Waals surface area contributed by atoms with Crippen LogP contribution in [0.15, 0.2) is 55.5 Å². The molecule has 1 amide bonds. The maximum Gasteiger partial charge on any atom is 0.320 e. The molecule has 0 radical (unpaired) electrons. The maximum absolute atomic E-state index is 13.9. The van der Waals surface area contributed by atoms with Crippen LogP contribution in [0.2, 0.25) is 0 Å². The normalized spacial score (nSPS) is 19.7. The summed E-state index contributed by atoms with van der Waals surface area (Å²) in [6.07, 6.45) is 7.99. The van der Waals surface area contributed by atoms with Crippen LogP contribution in [0.5, 0.6) is 5.75 Å². The van der Waals surface area contributed by atoms with Crippen molar-refractivity contribution >= 4 is 16.9 Å². The molecule has 12 heteroatoms. The van der Waals surface area contributed by atoms with Gasteiger partial charge in [-0.05, 0) is 88.9 Å². The van der Waals surface area contributed by atoms with Crippen molar-refractivity contribution in [3.8, 4) is 17.0 Å². The molecular formula is C32H36F2N8O2. The third-order valence-electron chi connectivity index (χ3n) is 9.76. The molecule has 4 aromatic rings. The van der Waals surface area contributed by atoms with Crippen LogP contribution in [-0.2, 0) is 10.3 Å². The number of ether oxygens (including phenoxy) is 1. The lowest BCUT2D eigenvalue weighted by Gasteiger charge is -2.48. The summed E-state index contributed by atoms with van der Waals surface area (Å²) in [7, 11) is 0. The van der Waals surface area contributed by atoms with Crippen LogP contribution in [0, 0.1) is 12.8 Å². The monoisotopic (exact) mass is 602 g/mol. The van der Waals surface area contributed by atoms with Crippen molar-refractivity contribution in [3.63, 3.8) is 0 Å². The van der Waals surface area contributed by atoms with Gasteiger partial charge in [0.05, 0.1) is 22.4 Å². The fourth-order valence-corrected chi connectivity index (χ4v) is 7.11. The quantitative estimate of drug-likeness (QED) is 0.245. The van der Waals surface area contributed by atoms with Gasteiger partial charge in [-0.3, -0.25) is 19.2 Å². The maximum atomic E-state index is 13.9. The first-order valence-corrected chi connectivity index (χ1v) is 15.2. The van der Waals surface area contributed by atoms with Crippen molar-refractivity contribution < 1.29 is 18.3 Å². The fraction of sp³-hybridized carbons (Fsp3) is 0.469. The lowest BCUT2D eigenvalue weighted by Crippen LogP contribution is -2.62. The Hall–Kier alpha value is -4.19. The van der Waals surface area contributed by atoms with E-state index in [1.165, 1.54) is 6.08 Å². The Morgan fingerprint density at radius 1 is 1.16 bits per heavy atom. The Kier molecular flexibility index (Phi) is 7.19. The molecule has 1 atom stereocenters. The number of alkyl halides is 2. The molecule has 10 nitrogen and oxygen atoms in total. The van der Waals surface area contributed by atoms with Gasteiger partial charge in [0, 0.05) is 30.9 Å². The van der Waals surface area contributed by atoms with Crippen molar-refractivity contribution in [3.05, 3.63) is 66.9 Å². The molecule has 1 saturated carbocycles. The first kappa shape index (κ1) is 28.6. The van der Waals surface area contributed by atoms with Gasteiger partial charge >= 0.3 is 6.55 Å². The topological polar surface area (TPSA) is 94.2 Å². The minimum absolute atomic E-state index is 0.00782. The summed E-state index contributed by atoms with van der Waals surface area (Å²) in [5.74, 6) is 0.786. The van der Waals surface area contributed by atoms with Crippen LogP contribution in [0.4, 0.5) is 8.78 Å². The Bertz CT molecular complexity index is 1680. The number of hydrogen-bond acceptors (Lipinski definition) is 7. The molecule has 3 aromatic heterocycles. The minimum Gasteiger partial charge on any atom is -0.482 e. The number of aromatic nitrogens is 6. The second-order valence-electron chi connectivity index (χ2n) is 12.2. The third-order valence-corrected chi connectivity index (χ3v) is 9.76. The number of hydrogen-bond donors (Lipinski definition) is 0. The molecule has 0 bridgehead atoms. The van der Waals surface area contributed by atoms with Crippen LogP contribution in [-0.4, -0.2) is 77.5 Å². The number of carbonyl (C=O) groups is 1. The van der Waals surface area contributed by atoms with E-state index in [1.807, 2.05) is 36.9 Å². The summed E-state index contributed by atoms with van der Waals surface area (Å²) in [6.45, 7) is 8.27. The number of fused-ring (bicyclic) bond motifs is 1. The summed E-state index contributed by atoms with van der Waals surface area (Å²) in [4.78, 5) is 24.9. The van der Waals surface area contributed by atoms with Crippen LogP contribution in [0.1, 0.15) is 56.6 Å². The number of likely N-dealkylation sites (tertiary alicyclic amines) is 2. The predicted octanol–water partition coefficient (Wildman–Crippen LogP) is 5.13. The van der Waals surface area contributed by atoms with Gasteiger partial charge in [0.15, 0.2) is 0 Å². The summed E-state index contributed by atoms with van der Waals surface area (Å²) in [5, 5.41) is 9.30. The third kappa shape index (κ3) is 4.85.